The van der Waals surface area contributed by atoms with Crippen molar-refractivity contribution in [3.63, 3.8) is 0 Å². The predicted octanol–water partition coefficient (Wildman–Crippen LogP) is 3.62. The molecule has 6 nitrogen and oxygen atoms in total. The highest BCUT2D eigenvalue weighted by molar-refractivity contribution is 6.32. The lowest BCUT2D eigenvalue weighted by atomic mass is 10.1. The van der Waals surface area contributed by atoms with Gasteiger partial charge in [-0.15, -0.1) is 0 Å². The van der Waals surface area contributed by atoms with Gasteiger partial charge in [0, 0.05) is 11.8 Å². The average Bonchev–Trinajstić information content (AvgIpc) is 2.44. The van der Waals surface area contributed by atoms with Crippen molar-refractivity contribution < 1.29 is 14.5 Å². The van der Waals surface area contributed by atoms with E-state index in [1.165, 1.54) is 12.1 Å². The van der Waals surface area contributed by atoms with Gasteiger partial charge in [0.15, 0.2) is 0 Å². The summed E-state index contributed by atoms with van der Waals surface area (Å²) in [6.45, 7) is 3.28. The number of para-hydroxylation sites is 1. The van der Waals surface area contributed by atoms with Gasteiger partial charge in [0.1, 0.15) is 11.8 Å². The molecule has 0 aliphatic rings. The number of carbonyl (C=O) groups is 1. The molecule has 2 aromatic rings. The number of nitro groups is 1. The molecule has 0 saturated carbocycles. The molecule has 0 aliphatic carbocycles. The van der Waals surface area contributed by atoms with E-state index in [0.29, 0.717) is 16.8 Å². The van der Waals surface area contributed by atoms with Crippen LogP contribution in [0.1, 0.15) is 27.2 Å². The number of aromatic nitrogens is 1. The fourth-order valence-electron chi connectivity index (χ4n) is 2.06. The summed E-state index contributed by atoms with van der Waals surface area (Å²) in [6, 6.07) is 7.80. The average molecular weight is 321 g/mol. The first-order chi connectivity index (χ1) is 10.4. The summed E-state index contributed by atoms with van der Waals surface area (Å²) in [4.78, 5) is 26.5. The highest BCUT2D eigenvalue weighted by Gasteiger charge is 2.19. The second-order valence-electron chi connectivity index (χ2n) is 4.71. The van der Waals surface area contributed by atoms with Gasteiger partial charge >= 0.3 is 5.97 Å². The number of esters is 1. The summed E-state index contributed by atoms with van der Waals surface area (Å²) in [7, 11) is 0. The second kappa shape index (κ2) is 6.53. The van der Waals surface area contributed by atoms with Crippen LogP contribution in [0.25, 0.3) is 0 Å². The van der Waals surface area contributed by atoms with Crippen LogP contribution in [0.2, 0.25) is 5.15 Å². The van der Waals surface area contributed by atoms with Crippen LogP contribution in [0.5, 0.6) is 0 Å². The van der Waals surface area contributed by atoms with E-state index in [4.69, 9.17) is 16.3 Å². The number of hydrogen-bond acceptors (Lipinski definition) is 5. The highest BCUT2D eigenvalue weighted by atomic mass is 35.5. The van der Waals surface area contributed by atoms with Crippen LogP contribution in [0.15, 0.2) is 30.3 Å². The Morgan fingerprint density at radius 3 is 2.68 bits per heavy atom. The van der Waals surface area contributed by atoms with Gasteiger partial charge < -0.3 is 4.74 Å². The summed E-state index contributed by atoms with van der Waals surface area (Å²) in [5, 5.41) is 11.0. The monoisotopic (exact) mass is 320 g/mol. The maximum Gasteiger partial charge on any atom is 0.341 e. The number of hydrogen-bond donors (Lipinski definition) is 0. The van der Waals surface area contributed by atoms with Crippen molar-refractivity contribution >= 4 is 23.3 Å². The first-order valence-electron chi connectivity index (χ1n) is 6.43. The number of carbonyl (C=O) groups excluding carboxylic acids is 1. The van der Waals surface area contributed by atoms with Gasteiger partial charge in [-0.1, -0.05) is 23.7 Å². The lowest BCUT2D eigenvalue weighted by Crippen LogP contribution is -2.10. The zero-order valence-corrected chi connectivity index (χ0v) is 12.8. The Bertz CT molecular complexity index is 723. The molecule has 7 heteroatoms. The van der Waals surface area contributed by atoms with Crippen LogP contribution >= 0.6 is 11.6 Å². The zero-order chi connectivity index (χ0) is 16.3. The molecule has 0 N–H and O–H groups in total. The van der Waals surface area contributed by atoms with E-state index in [2.05, 4.69) is 4.98 Å². The number of pyridine rings is 1. The van der Waals surface area contributed by atoms with Gasteiger partial charge in [0.05, 0.1) is 16.1 Å². The minimum atomic E-state index is -0.659. The van der Waals surface area contributed by atoms with Gasteiger partial charge in [0.25, 0.3) is 5.69 Å². The number of rotatable bonds is 4. The standard InChI is InChI=1S/C15H13ClN2O4/c1-9-7-10(2)17-14(16)13(9)15(19)22-8-11-5-3-4-6-12(11)18(20)21/h3-7H,8H2,1-2H3. The molecule has 0 spiro atoms. The number of halogens is 1. The van der Waals surface area contributed by atoms with Crippen molar-refractivity contribution in [2.24, 2.45) is 0 Å². The van der Waals surface area contributed by atoms with E-state index in [1.807, 2.05) is 0 Å². The van der Waals surface area contributed by atoms with E-state index in [0.717, 1.165) is 0 Å². The third kappa shape index (κ3) is 3.40. The molecule has 0 atom stereocenters. The molecule has 0 bridgehead atoms. The largest absolute Gasteiger partial charge is 0.457 e. The fraction of sp³-hybridized carbons (Fsp3) is 0.200. The van der Waals surface area contributed by atoms with Crippen molar-refractivity contribution in [2.75, 3.05) is 0 Å². The Morgan fingerprint density at radius 2 is 2.05 bits per heavy atom. The smallest absolute Gasteiger partial charge is 0.341 e. The minimum absolute atomic E-state index is 0.0602. The van der Waals surface area contributed by atoms with Gasteiger partial charge in [-0.25, -0.2) is 9.78 Å². The molecule has 0 amide bonds. The number of benzene rings is 1. The van der Waals surface area contributed by atoms with Crippen LogP contribution < -0.4 is 0 Å². The van der Waals surface area contributed by atoms with E-state index in [9.17, 15) is 14.9 Å². The lowest BCUT2D eigenvalue weighted by Gasteiger charge is -2.09. The molecule has 0 fully saturated rings. The Morgan fingerprint density at radius 1 is 1.36 bits per heavy atom. The first-order valence-corrected chi connectivity index (χ1v) is 6.81. The number of nitrogens with zero attached hydrogens (tertiary/aromatic N) is 2. The molecule has 0 aliphatic heterocycles. The lowest BCUT2D eigenvalue weighted by molar-refractivity contribution is -0.385. The van der Waals surface area contributed by atoms with Gasteiger partial charge in [0.2, 0.25) is 0 Å². The summed E-state index contributed by atoms with van der Waals surface area (Å²) < 4.78 is 5.14. The summed E-state index contributed by atoms with van der Waals surface area (Å²) in [6.07, 6.45) is 0. The van der Waals surface area contributed by atoms with Crippen LogP contribution in [0.4, 0.5) is 5.69 Å². The van der Waals surface area contributed by atoms with Crippen LogP contribution in [0.3, 0.4) is 0 Å². The number of nitro benzene ring substituents is 1. The molecule has 0 unspecified atom stereocenters. The summed E-state index contributed by atoms with van der Waals surface area (Å²) in [5.74, 6) is -0.659. The first kappa shape index (κ1) is 15.9. The SMILES string of the molecule is Cc1cc(C)c(C(=O)OCc2ccccc2[N+](=O)[O-])c(Cl)n1. The Balaban J connectivity index is 2.20. The summed E-state index contributed by atoms with van der Waals surface area (Å²) in [5.41, 5.74) is 1.73. The maximum atomic E-state index is 12.1. The zero-order valence-electron chi connectivity index (χ0n) is 12.0. The molecule has 114 valence electrons. The highest BCUT2D eigenvalue weighted by Crippen LogP contribution is 2.22. The molecule has 22 heavy (non-hydrogen) atoms. The Labute approximate surface area is 131 Å². The van der Waals surface area contributed by atoms with Crippen LogP contribution in [-0.2, 0) is 11.3 Å². The quantitative estimate of drug-likeness (QED) is 0.372. The number of aryl methyl sites for hydroxylation is 2. The molecule has 0 saturated heterocycles. The van der Waals surface area contributed by atoms with Crippen LogP contribution in [-0.4, -0.2) is 15.9 Å². The van der Waals surface area contributed by atoms with Crippen molar-refractivity contribution in [3.8, 4) is 0 Å². The predicted molar refractivity (Wildman–Crippen MR) is 80.9 cm³/mol. The third-order valence-corrected chi connectivity index (χ3v) is 3.33. The Kier molecular flexibility index (Phi) is 4.72. The van der Waals surface area contributed by atoms with Gasteiger partial charge in [-0.3, -0.25) is 10.1 Å². The van der Waals surface area contributed by atoms with E-state index < -0.39 is 10.9 Å². The Hall–Kier alpha value is -2.47. The number of ether oxygens (including phenoxy) is 1. The normalized spacial score (nSPS) is 10.3. The van der Waals surface area contributed by atoms with Crippen molar-refractivity contribution in [3.05, 3.63) is 68.0 Å². The molecule has 1 aromatic carbocycles. The van der Waals surface area contributed by atoms with E-state index in [-0.39, 0.29) is 23.0 Å². The van der Waals surface area contributed by atoms with Crippen molar-refractivity contribution in [1.82, 2.24) is 4.98 Å². The molecule has 2 rings (SSSR count). The van der Waals surface area contributed by atoms with Crippen molar-refractivity contribution in [2.45, 2.75) is 20.5 Å². The van der Waals surface area contributed by atoms with E-state index >= 15 is 0 Å². The molecule has 0 radical (unpaired) electrons. The maximum absolute atomic E-state index is 12.1. The van der Waals surface area contributed by atoms with Gasteiger partial charge in [-0.2, -0.15) is 0 Å². The van der Waals surface area contributed by atoms with Gasteiger partial charge in [-0.05, 0) is 31.5 Å². The molecular weight excluding hydrogens is 308 g/mol. The summed E-state index contributed by atoms with van der Waals surface area (Å²) >= 11 is 5.97. The second-order valence-corrected chi connectivity index (χ2v) is 5.07. The minimum Gasteiger partial charge on any atom is -0.457 e. The fourth-order valence-corrected chi connectivity index (χ4v) is 2.42. The molecule has 1 heterocycles. The van der Waals surface area contributed by atoms with Crippen LogP contribution in [0, 0.1) is 24.0 Å². The van der Waals surface area contributed by atoms with Crippen molar-refractivity contribution in [1.29, 1.82) is 0 Å². The third-order valence-electron chi connectivity index (χ3n) is 3.05. The topological polar surface area (TPSA) is 82.3 Å². The molecule has 1 aromatic heterocycles. The van der Waals surface area contributed by atoms with E-state index in [1.54, 1.807) is 32.0 Å². The molecular formula is C15H13ClN2O4.